The lowest BCUT2D eigenvalue weighted by atomic mass is 10.2. The highest BCUT2D eigenvalue weighted by Crippen LogP contribution is 2.32. The van der Waals surface area contributed by atoms with Crippen molar-refractivity contribution in [2.45, 2.75) is 24.7 Å². The topological polar surface area (TPSA) is 75.7 Å². The monoisotopic (exact) mass is 442 g/mol. The number of nitrogens with one attached hydrogen (secondary N) is 1. The van der Waals surface area contributed by atoms with Gasteiger partial charge in [-0.15, -0.1) is 0 Å². The van der Waals surface area contributed by atoms with Crippen LogP contribution in [-0.2, 0) is 10.0 Å². The Hall–Kier alpha value is -1.80. The largest absolute Gasteiger partial charge is 0.492 e. The molecule has 0 atom stereocenters. The summed E-state index contributed by atoms with van der Waals surface area (Å²) in [6, 6.07) is 9.24. The normalized spacial score (nSPS) is 14.8. The van der Waals surface area contributed by atoms with E-state index in [-0.39, 0.29) is 21.2 Å². The highest BCUT2D eigenvalue weighted by molar-refractivity contribution is 7.89. The fraction of sp³-hybridized carbons (Fsp3) is 0.316. The van der Waals surface area contributed by atoms with Gasteiger partial charge in [0.15, 0.2) is 0 Å². The molecule has 0 aliphatic carbocycles. The molecular formula is C19H20Cl2N2O4S. The first-order chi connectivity index (χ1) is 13.3. The third kappa shape index (κ3) is 4.27. The van der Waals surface area contributed by atoms with Gasteiger partial charge in [0, 0.05) is 18.7 Å². The molecule has 3 rings (SSSR count). The second-order valence-electron chi connectivity index (χ2n) is 6.26. The Morgan fingerprint density at radius 1 is 1.18 bits per heavy atom. The summed E-state index contributed by atoms with van der Waals surface area (Å²) in [5.41, 5.74) is 0.522. The van der Waals surface area contributed by atoms with Crippen LogP contribution in [0.3, 0.4) is 0 Å². The standard InChI is InChI=1S/C19H20Cl2N2O4S/c1-2-27-16-9-8-13(12-17(16)28(25,26)23-10-3-4-11-23)19(24)22-15-7-5-6-14(20)18(15)21/h5-9,12H,2-4,10-11H2,1H3,(H,22,24). The summed E-state index contributed by atoms with van der Waals surface area (Å²) >= 11 is 12.1. The maximum Gasteiger partial charge on any atom is 0.255 e. The van der Waals surface area contributed by atoms with Gasteiger partial charge in [0.25, 0.3) is 5.91 Å². The minimum Gasteiger partial charge on any atom is -0.492 e. The minimum atomic E-state index is -3.75. The average molecular weight is 443 g/mol. The Labute approximate surface area is 174 Å². The van der Waals surface area contributed by atoms with Gasteiger partial charge in [0.05, 0.1) is 22.3 Å². The molecule has 6 nitrogen and oxygen atoms in total. The molecule has 1 N–H and O–H groups in total. The van der Waals surface area contributed by atoms with Crippen LogP contribution in [0.4, 0.5) is 5.69 Å². The summed E-state index contributed by atoms with van der Waals surface area (Å²) < 4.78 is 33.0. The van der Waals surface area contributed by atoms with Crippen molar-refractivity contribution in [3.8, 4) is 5.75 Å². The molecule has 1 aliphatic rings. The number of rotatable bonds is 6. The lowest BCUT2D eigenvalue weighted by molar-refractivity contribution is 0.102. The summed E-state index contributed by atoms with van der Waals surface area (Å²) in [7, 11) is -3.75. The van der Waals surface area contributed by atoms with E-state index in [1.807, 2.05) is 0 Å². The van der Waals surface area contributed by atoms with Crippen LogP contribution in [0.1, 0.15) is 30.1 Å². The van der Waals surface area contributed by atoms with E-state index >= 15 is 0 Å². The van der Waals surface area contributed by atoms with Gasteiger partial charge in [0.2, 0.25) is 10.0 Å². The molecule has 28 heavy (non-hydrogen) atoms. The first kappa shape index (κ1) is 20.9. The van der Waals surface area contributed by atoms with Gasteiger partial charge in [-0.3, -0.25) is 4.79 Å². The molecule has 1 saturated heterocycles. The van der Waals surface area contributed by atoms with Crippen molar-refractivity contribution in [2.75, 3.05) is 25.0 Å². The Morgan fingerprint density at radius 2 is 1.89 bits per heavy atom. The van der Waals surface area contributed by atoms with Crippen LogP contribution in [0, 0.1) is 0 Å². The minimum absolute atomic E-state index is 0.0129. The first-order valence-electron chi connectivity index (χ1n) is 8.87. The molecule has 0 radical (unpaired) electrons. The fourth-order valence-corrected chi connectivity index (χ4v) is 5.01. The van der Waals surface area contributed by atoms with E-state index in [1.54, 1.807) is 25.1 Å². The zero-order valence-corrected chi connectivity index (χ0v) is 17.6. The fourth-order valence-electron chi connectivity index (χ4n) is 2.99. The number of carbonyl (C=O) groups excluding carboxylic acids is 1. The van der Waals surface area contributed by atoms with E-state index in [4.69, 9.17) is 27.9 Å². The van der Waals surface area contributed by atoms with E-state index in [1.165, 1.54) is 22.5 Å². The molecule has 0 bridgehead atoms. The van der Waals surface area contributed by atoms with Crippen LogP contribution in [0.2, 0.25) is 10.0 Å². The number of anilines is 1. The van der Waals surface area contributed by atoms with Crippen LogP contribution in [0.5, 0.6) is 5.75 Å². The van der Waals surface area contributed by atoms with Gasteiger partial charge < -0.3 is 10.1 Å². The van der Waals surface area contributed by atoms with Gasteiger partial charge in [0.1, 0.15) is 10.6 Å². The molecule has 0 spiro atoms. The molecule has 0 aromatic heterocycles. The number of nitrogens with zero attached hydrogens (tertiary/aromatic N) is 1. The average Bonchev–Trinajstić information content (AvgIpc) is 3.21. The third-order valence-corrected chi connectivity index (χ3v) is 7.13. The molecule has 150 valence electrons. The molecule has 1 amide bonds. The van der Waals surface area contributed by atoms with Crippen molar-refractivity contribution in [3.05, 3.63) is 52.0 Å². The van der Waals surface area contributed by atoms with E-state index in [0.29, 0.717) is 30.4 Å². The predicted molar refractivity (Wildman–Crippen MR) is 110 cm³/mol. The van der Waals surface area contributed by atoms with Crippen molar-refractivity contribution in [1.29, 1.82) is 0 Å². The maximum atomic E-state index is 13.0. The summed E-state index contributed by atoms with van der Waals surface area (Å²) in [5, 5.41) is 3.19. The van der Waals surface area contributed by atoms with E-state index in [9.17, 15) is 13.2 Å². The molecule has 1 heterocycles. The molecule has 0 unspecified atom stereocenters. The molecule has 2 aromatic carbocycles. The Kier molecular flexibility index (Phi) is 6.50. The molecule has 0 saturated carbocycles. The Balaban J connectivity index is 1.96. The van der Waals surface area contributed by atoms with E-state index < -0.39 is 15.9 Å². The van der Waals surface area contributed by atoms with Crippen LogP contribution in [-0.4, -0.2) is 38.3 Å². The summed E-state index contributed by atoms with van der Waals surface area (Å²) in [5.74, 6) is -0.267. The zero-order valence-electron chi connectivity index (χ0n) is 15.2. The number of amides is 1. The van der Waals surface area contributed by atoms with Crippen molar-refractivity contribution >= 4 is 44.8 Å². The molecule has 2 aromatic rings. The maximum absolute atomic E-state index is 13.0. The highest BCUT2D eigenvalue weighted by atomic mass is 35.5. The molecule has 1 fully saturated rings. The third-order valence-electron chi connectivity index (χ3n) is 4.39. The summed E-state index contributed by atoms with van der Waals surface area (Å²) in [6.45, 7) is 3.01. The number of halogens is 2. The predicted octanol–water partition coefficient (Wildman–Crippen LogP) is 4.43. The number of hydrogen-bond acceptors (Lipinski definition) is 4. The molecule has 1 aliphatic heterocycles. The van der Waals surface area contributed by atoms with Crippen LogP contribution in [0.15, 0.2) is 41.3 Å². The SMILES string of the molecule is CCOc1ccc(C(=O)Nc2cccc(Cl)c2Cl)cc1S(=O)(=O)N1CCCC1. The Morgan fingerprint density at radius 3 is 2.57 bits per heavy atom. The van der Waals surface area contributed by atoms with Crippen molar-refractivity contribution < 1.29 is 17.9 Å². The number of hydrogen-bond donors (Lipinski definition) is 1. The lowest BCUT2D eigenvalue weighted by Gasteiger charge is -2.19. The number of ether oxygens (including phenoxy) is 1. The molecular weight excluding hydrogens is 423 g/mol. The van der Waals surface area contributed by atoms with Gasteiger partial charge in [-0.1, -0.05) is 29.3 Å². The van der Waals surface area contributed by atoms with Gasteiger partial charge in [-0.05, 0) is 50.1 Å². The van der Waals surface area contributed by atoms with Crippen LogP contribution in [0.25, 0.3) is 0 Å². The summed E-state index contributed by atoms with van der Waals surface area (Å²) in [4.78, 5) is 12.7. The quantitative estimate of drug-likeness (QED) is 0.717. The highest BCUT2D eigenvalue weighted by Gasteiger charge is 2.31. The van der Waals surface area contributed by atoms with E-state index in [2.05, 4.69) is 5.32 Å². The molecule has 9 heteroatoms. The van der Waals surface area contributed by atoms with Crippen molar-refractivity contribution in [2.24, 2.45) is 0 Å². The number of sulfonamides is 1. The van der Waals surface area contributed by atoms with Crippen molar-refractivity contribution in [1.82, 2.24) is 4.31 Å². The summed E-state index contributed by atoms with van der Waals surface area (Å²) in [6.07, 6.45) is 1.63. The smallest absolute Gasteiger partial charge is 0.255 e. The lowest BCUT2D eigenvalue weighted by Crippen LogP contribution is -2.28. The second kappa shape index (κ2) is 8.69. The second-order valence-corrected chi connectivity index (χ2v) is 8.95. The van der Waals surface area contributed by atoms with Crippen LogP contribution >= 0.6 is 23.2 Å². The zero-order chi connectivity index (χ0) is 20.3. The first-order valence-corrected chi connectivity index (χ1v) is 11.1. The van der Waals surface area contributed by atoms with E-state index in [0.717, 1.165) is 12.8 Å². The van der Waals surface area contributed by atoms with Gasteiger partial charge in [-0.25, -0.2) is 8.42 Å². The Bertz CT molecular complexity index is 989. The number of benzene rings is 2. The van der Waals surface area contributed by atoms with Crippen LogP contribution < -0.4 is 10.1 Å². The number of carbonyl (C=O) groups is 1. The van der Waals surface area contributed by atoms with Crippen molar-refractivity contribution in [3.63, 3.8) is 0 Å². The van der Waals surface area contributed by atoms with Gasteiger partial charge in [-0.2, -0.15) is 4.31 Å². The van der Waals surface area contributed by atoms with Gasteiger partial charge >= 0.3 is 0 Å².